The Morgan fingerprint density at radius 3 is 2.39 bits per heavy atom. The van der Waals surface area contributed by atoms with Crippen molar-refractivity contribution >= 4 is 44.0 Å². The molecule has 2 N–H and O–H groups in total. The average molecular weight is 504 g/mol. The predicted molar refractivity (Wildman–Crippen MR) is 116 cm³/mol. The second-order valence-corrected chi connectivity index (χ2v) is 7.67. The highest BCUT2D eigenvalue weighted by Gasteiger charge is 2.05. The lowest BCUT2D eigenvalue weighted by Crippen LogP contribution is -2.17. The molecule has 0 aliphatic carbocycles. The standard InChI is InChI=1S/C21H16Br2N2O3/c22-17-5-1-14(2-6-17)13-28-19-8-3-15(4-9-19)21(27)25-24-12-16-11-18(23)7-10-20(16)26/h1-12,26H,13H2,(H,25,27). The SMILES string of the molecule is O=C(NN=Cc1cc(Br)ccc1O)c1ccc(OCc2ccc(Br)cc2)cc1. The van der Waals surface area contributed by atoms with Crippen molar-refractivity contribution in [2.24, 2.45) is 5.10 Å². The summed E-state index contributed by atoms with van der Waals surface area (Å²) in [5.74, 6) is 0.390. The second-order valence-electron chi connectivity index (χ2n) is 5.84. The van der Waals surface area contributed by atoms with Gasteiger partial charge in [0.1, 0.15) is 18.1 Å². The normalized spacial score (nSPS) is 10.8. The number of amides is 1. The number of hydrogen-bond donors (Lipinski definition) is 2. The monoisotopic (exact) mass is 502 g/mol. The van der Waals surface area contributed by atoms with Gasteiger partial charge in [0.05, 0.1) is 6.21 Å². The average Bonchev–Trinajstić information content (AvgIpc) is 2.70. The molecule has 0 aliphatic heterocycles. The van der Waals surface area contributed by atoms with Crippen LogP contribution in [0.1, 0.15) is 21.5 Å². The first-order valence-electron chi connectivity index (χ1n) is 8.30. The maximum Gasteiger partial charge on any atom is 0.271 e. The third-order valence-corrected chi connectivity index (χ3v) is 4.82. The summed E-state index contributed by atoms with van der Waals surface area (Å²) in [7, 11) is 0. The number of phenols is 1. The van der Waals surface area contributed by atoms with Crippen LogP contribution in [-0.4, -0.2) is 17.2 Å². The Bertz CT molecular complexity index is 988. The molecule has 3 aromatic carbocycles. The maximum absolute atomic E-state index is 12.2. The van der Waals surface area contributed by atoms with E-state index in [1.54, 1.807) is 42.5 Å². The van der Waals surface area contributed by atoms with Crippen LogP contribution in [0.5, 0.6) is 11.5 Å². The summed E-state index contributed by atoms with van der Waals surface area (Å²) >= 11 is 6.71. The Morgan fingerprint density at radius 2 is 1.68 bits per heavy atom. The Morgan fingerprint density at radius 1 is 1.00 bits per heavy atom. The van der Waals surface area contributed by atoms with Crippen molar-refractivity contribution < 1.29 is 14.6 Å². The summed E-state index contributed by atoms with van der Waals surface area (Å²) in [6, 6.07) is 19.6. The Balaban J connectivity index is 1.55. The first-order chi connectivity index (χ1) is 13.5. The van der Waals surface area contributed by atoms with Gasteiger partial charge in [0.25, 0.3) is 5.91 Å². The Kier molecular flexibility index (Phi) is 6.84. The Labute approximate surface area is 179 Å². The number of nitrogens with zero attached hydrogens (tertiary/aromatic N) is 1. The molecule has 3 rings (SSSR count). The van der Waals surface area contributed by atoms with Gasteiger partial charge < -0.3 is 9.84 Å². The highest BCUT2D eigenvalue weighted by atomic mass is 79.9. The van der Waals surface area contributed by atoms with Gasteiger partial charge in [0.15, 0.2) is 0 Å². The van der Waals surface area contributed by atoms with E-state index in [9.17, 15) is 9.90 Å². The van der Waals surface area contributed by atoms with E-state index in [1.807, 2.05) is 24.3 Å². The molecule has 0 saturated carbocycles. The number of rotatable bonds is 6. The van der Waals surface area contributed by atoms with Crippen molar-refractivity contribution in [2.45, 2.75) is 6.61 Å². The van der Waals surface area contributed by atoms with Crippen molar-refractivity contribution in [3.8, 4) is 11.5 Å². The fourth-order valence-electron chi connectivity index (χ4n) is 2.30. The molecule has 5 nitrogen and oxygen atoms in total. The summed E-state index contributed by atoms with van der Waals surface area (Å²) in [5.41, 5.74) is 4.43. The smallest absolute Gasteiger partial charge is 0.271 e. The predicted octanol–water partition coefficient (Wildman–Crippen LogP) is 5.26. The highest BCUT2D eigenvalue weighted by molar-refractivity contribution is 9.10. The number of ether oxygens (including phenoxy) is 1. The quantitative estimate of drug-likeness (QED) is 0.356. The molecule has 1 amide bonds. The zero-order valence-electron chi connectivity index (χ0n) is 14.6. The van der Waals surface area contributed by atoms with Gasteiger partial charge in [-0.25, -0.2) is 5.43 Å². The van der Waals surface area contributed by atoms with Gasteiger partial charge in [-0.05, 0) is 60.2 Å². The van der Waals surface area contributed by atoms with Crippen molar-refractivity contribution in [3.63, 3.8) is 0 Å². The van der Waals surface area contributed by atoms with E-state index in [-0.39, 0.29) is 11.7 Å². The largest absolute Gasteiger partial charge is 0.507 e. The molecule has 3 aromatic rings. The maximum atomic E-state index is 12.2. The minimum Gasteiger partial charge on any atom is -0.507 e. The van der Waals surface area contributed by atoms with Gasteiger partial charge in [-0.2, -0.15) is 5.10 Å². The fourth-order valence-corrected chi connectivity index (χ4v) is 2.95. The molecule has 7 heteroatoms. The number of halogens is 2. The topological polar surface area (TPSA) is 70.9 Å². The van der Waals surface area contributed by atoms with Gasteiger partial charge in [-0.15, -0.1) is 0 Å². The number of phenolic OH excluding ortho intramolecular Hbond substituents is 1. The van der Waals surface area contributed by atoms with Crippen LogP contribution in [0.4, 0.5) is 0 Å². The van der Waals surface area contributed by atoms with Crippen LogP contribution in [0, 0.1) is 0 Å². The summed E-state index contributed by atoms with van der Waals surface area (Å²) in [5, 5.41) is 13.6. The van der Waals surface area contributed by atoms with Gasteiger partial charge in [-0.3, -0.25) is 4.79 Å². The molecule has 0 atom stereocenters. The molecule has 0 fully saturated rings. The van der Waals surface area contributed by atoms with Crippen molar-refractivity contribution in [2.75, 3.05) is 0 Å². The molecule has 0 radical (unpaired) electrons. The van der Waals surface area contributed by atoms with E-state index in [0.717, 1.165) is 14.5 Å². The minimum absolute atomic E-state index is 0.0773. The molecule has 28 heavy (non-hydrogen) atoms. The second kappa shape index (κ2) is 9.52. The number of aromatic hydroxyl groups is 1. The van der Waals surface area contributed by atoms with Crippen LogP contribution in [0.3, 0.4) is 0 Å². The lowest BCUT2D eigenvalue weighted by atomic mass is 10.2. The minimum atomic E-state index is -0.356. The molecule has 0 aromatic heterocycles. The van der Waals surface area contributed by atoms with Crippen LogP contribution < -0.4 is 10.2 Å². The summed E-state index contributed by atoms with van der Waals surface area (Å²) in [6.45, 7) is 0.444. The summed E-state index contributed by atoms with van der Waals surface area (Å²) in [6.07, 6.45) is 1.38. The number of hydrazone groups is 1. The molecule has 142 valence electrons. The first-order valence-corrected chi connectivity index (χ1v) is 9.89. The van der Waals surface area contributed by atoms with E-state index in [2.05, 4.69) is 42.4 Å². The number of benzene rings is 3. The van der Waals surface area contributed by atoms with Gasteiger partial charge >= 0.3 is 0 Å². The van der Waals surface area contributed by atoms with Crippen LogP contribution in [0.2, 0.25) is 0 Å². The number of carbonyl (C=O) groups is 1. The molecule has 0 heterocycles. The molecular weight excluding hydrogens is 488 g/mol. The van der Waals surface area contributed by atoms with Crippen LogP contribution in [0.25, 0.3) is 0 Å². The van der Waals surface area contributed by atoms with Gasteiger partial charge in [0.2, 0.25) is 0 Å². The number of carbonyl (C=O) groups excluding carboxylic acids is 1. The summed E-state index contributed by atoms with van der Waals surface area (Å²) in [4.78, 5) is 12.2. The van der Waals surface area contributed by atoms with Crippen molar-refractivity contribution in [1.82, 2.24) is 5.43 Å². The lowest BCUT2D eigenvalue weighted by Gasteiger charge is -2.07. The molecule has 0 unspecified atom stereocenters. The Hall–Kier alpha value is -2.64. The third kappa shape index (κ3) is 5.68. The molecule has 0 saturated heterocycles. The van der Waals surface area contributed by atoms with E-state index in [0.29, 0.717) is 23.5 Å². The first kappa shape index (κ1) is 20.1. The fraction of sp³-hybridized carbons (Fsp3) is 0.0476. The van der Waals surface area contributed by atoms with E-state index >= 15 is 0 Å². The van der Waals surface area contributed by atoms with Gasteiger partial charge in [-0.1, -0.05) is 44.0 Å². The van der Waals surface area contributed by atoms with Crippen LogP contribution >= 0.6 is 31.9 Å². The van der Waals surface area contributed by atoms with Crippen LogP contribution in [0.15, 0.2) is 80.8 Å². The van der Waals surface area contributed by atoms with E-state index in [4.69, 9.17) is 4.74 Å². The number of hydrogen-bond acceptors (Lipinski definition) is 4. The molecule has 0 spiro atoms. The number of nitrogens with one attached hydrogen (secondary N) is 1. The summed E-state index contributed by atoms with van der Waals surface area (Å²) < 4.78 is 7.54. The molecule has 0 bridgehead atoms. The van der Waals surface area contributed by atoms with E-state index in [1.165, 1.54) is 6.21 Å². The zero-order valence-corrected chi connectivity index (χ0v) is 17.8. The van der Waals surface area contributed by atoms with Crippen molar-refractivity contribution in [1.29, 1.82) is 0 Å². The zero-order chi connectivity index (χ0) is 19.9. The lowest BCUT2D eigenvalue weighted by molar-refractivity contribution is 0.0955. The highest BCUT2D eigenvalue weighted by Crippen LogP contribution is 2.20. The van der Waals surface area contributed by atoms with Crippen molar-refractivity contribution in [3.05, 3.63) is 92.4 Å². The molecular formula is C21H16Br2N2O3. The molecule has 0 aliphatic rings. The van der Waals surface area contributed by atoms with E-state index < -0.39 is 0 Å². The van der Waals surface area contributed by atoms with Crippen LogP contribution in [-0.2, 0) is 6.61 Å². The third-order valence-electron chi connectivity index (χ3n) is 3.79. The van der Waals surface area contributed by atoms with Gasteiger partial charge in [0, 0.05) is 20.1 Å².